The van der Waals surface area contributed by atoms with Crippen LogP contribution in [0.2, 0.25) is 0 Å². The number of aliphatic hydroxyl groups excluding tert-OH is 1. The van der Waals surface area contributed by atoms with Gasteiger partial charge in [0.25, 0.3) is 0 Å². The van der Waals surface area contributed by atoms with Crippen molar-refractivity contribution >= 4 is 48.2 Å². The summed E-state index contributed by atoms with van der Waals surface area (Å²) in [6.07, 6.45) is -2.88. The second-order valence-corrected chi connectivity index (χ2v) is 6.61. The second kappa shape index (κ2) is 12.6. The molecular weight excluding hydrogens is 426 g/mol. The summed E-state index contributed by atoms with van der Waals surface area (Å²) in [5.41, 5.74) is 10.3. The summed E-state index contributed by atoms with van der Waals surface area (Å²) >= 11 is 3.88. The van der Waals surface area contributed by atoms with Crippen molar-refractivity contribution in [3.05, 3.63) is 0 Å². The molecule has 0 fully saturated rings. The minimum absolute atomic E-state index is 0.306. The molecule has 0 heterocycles. The molecule has 0 aliphatic carbocycles. The van der Waals surface area contributed by atoms with Crippen molar-refractivity contribution in [2.45, 2.75) is 50.0 Å². The van der Waals surface area contributed by atoms with E-state index in [9.17, 15) is 33.9 Å². The van der Waals surface area contributed by atoms with Gasteiger partial charge < -0.3 is 42.7 Å². The van der Waals surface area contributed by atoms with E-state index in [2.05, 4.69) is 23.3 Å². The van der Waals surface area contributed by atoms with Gasteiger partial charge in [-0.2, -0.15) is 12.6 Å². The van der Waals surface area contributed by atoms with E-state index in [1.54, 1.807) is 0 Å². The number of amides is 4. The van der Waals surface area contributed by atoms with Crippen LogP contribution in [0, 0.1) is 0 Å². The van der Waals surface area contributed by atoms with E-state index in [4.69, 9.17) is 21.7 Å². The highest BCUT2D eigenvalue weighted by Gasteiger charge is 2.32. The van der Waals surface area contributed by atoms with Crippen LogP contribution >= 0.6 is 12.6 Å². The van der Waals surface area contributed by atoms with Crippen molar-refractivity contribution < 1.29 is 44.1 Å². The van der Waals surface area contributed by atoms with Gasteiger partial charge in [0.2, 0.25) is 23.6 Å². The Kier molecular flexibility index (Phi) is 11.4. The molecule has 30 heavy (non-hydrogen) atoms. The summed E-state index contributed by atoms with van der Waals surface area (Å²) in [5.74, 6) is -7.26. The first-order valence-corrected chi connectivity index (χ1v) is 9.11. The lowest BCUT2D eigenvalue weighted by molar-refractivity contribution is -0.143. The fraction of sp³-hybridized carbons (Fsp3) is 0.600. The van der Waals surface area contributed by atoms with E-state index in [-0.39, 0.29) is 5.75 Å². The van der Waals surface area contributed by atoms with Crippen LogP contribution in [0.25, 0.3) is 0 Å². The van der Waals surface area contributed by atoms with Crippen LogP contribution in [0.4, 0.5) is 0 Å². The van der Waals surface area contributed by atoms with E-state index in [1.807, 2.05) is 5.32 Å². The first-order valence-electron chi connectivity index (χ1n) is 8.48. The average molecular weight is 451 g/mol. The van der Waals surface area contributed by atoms with Crippen LogP contribution in [0.15, 0.2) is 0 Å². The van der Waals surface area contributed by atoms with E-state index >= 15 is 0 Å². The van der Waals surface area contributed by atoms with E-state index in [0.717, 1.165) is 6.92 Å². The van der Waals surface area contributed by atoms with Crippen LogP contribution in [0.3, 0.4) is 0 Å². The molecule has 0 aromatic heterocycles. The van der Waals surface area contributed by atoms with Gasteiger partial charge in [0, 0.05) is 5.75 Å². The monoisotopic (exact) mass is 451 g/mol. The molecule has 5 atom stereocenters. The first-order chi connectivity index (χ1) is 13.8. The second-order valence-electron chi connectivity index (χ2n) is 6.24. The number of hydrogen-bond donors (Lipinski definition) is 9. The minimum atomic E-state index is -1.64. The Morgan fingerprint density at radius 3 is 1.83 bits per heavy atom. The number of carbonyl (C=O) groups excluding carboxylic acids is 4. The average Bonchev–Trinajstić information content (AvgIpc) is 2.61. The highest BCUT2D eigenvalue weighted by molar-refractivity contribution is 7.80. The largest absolute Gasteiger partial charge is 0.481 e. The van der Waals surface area contributed by atoms with Crippen LogP contribution in [-0.2, 0) is 28.8 Å². The van der Waals surface area contributed by atoms with Gasteiger partial charge in [-0.3, -0.25) is 24.0 Å². The molecule has 5 unspecified atom stereocenters. The number of thiol groups is 1. The number of aliphatic hydroxyl groups is 1. The normalized spacial score (nSPS) is 15.6. The van der Waals surface area contributed by atoms with Gasteiger partial charge in [0.05, 0.1) is 25.0 Å². The third-order valence-corrected chi connectivity index (χ3v) is 3.99. The smallest absolute Gasteiger partial charge is 0.326 e. The van der Waals surface area contributed by atoms with Gasteiger partial charge in [-0.15, -0.1) is 0 Å². The molecule has 14 nitrogen and oxygen atoms in total. The third kappa shape index (κ3) is 9.53. The lowest BCUT2D eigenvalue weighted by Crippen LogP contribution is -2.60. The van der Waals surface area contributed by atoms with Crippen LogP contribution < -0.4 is 27.4 Å². The highest BCUT2D eigenvalue weighted by atomic mass is 32.1. The van der Waals surface area contributed by atoms with Crippen molar-refractivity contribution in [1.82, 2.24) is 16.0 Å². The van der Waals surface area contributed by atoms with Gasteiger partial charge in [-0.05, 0) is 6.92 Å². The predicted molar refractivity (Wildman–Crippen MR) is 103 cm³/mol. The Bertz CT molecular complexity index is 687. The minimum Gasteiger partial charge on any atom is -0.481 e. The summed E-state index contributed by atoms with van der Waals surface area (Å²) < 4.78 is 0. The van der Waals surface area contributed by atoms with Gasteiger partial charge >= 0.3 is 11.9 Å². The molecule has 0 aromatic carbocycles. The molecule has 0 aromatic rings. The van der Waals surface area contributed by atoms with Gasteiger partial charge in [-0.1, -0.05) is 0 Å². The number of carboxylic acid groups (broad SMARTS) is 2. The van der Waals surface area contributed by atoms with Crippen LogP contribution in [0.1, 0.15) is 19.8 Å². The van der Waals surface area contributed by atoms with Crippen LogP contribution in [0.5, 0.6) is 0 Å². The molecule has 0 aliphatic heterocycles. The maximum absolute atomic E-state index is 12.4. The number of carboxylic acids is 2. The SMILES string of the molecule is CC(O)C(NC(=O)C(N)CC(=O)O)C(=O)NC(CS)C(=O)NC(CC(N)=O)C(=O)O. The zero-order chi connectivity index (χ0) is 23.6. The number of carbonyl (C=O) groups is 6. The van der Waals surface area contributed by atoms with E-state index in [1.165, 1.54) is 0 Å². The molecule has 0 bridgehead atoms. The number of primary amides is 1. The molecular formula is C15H25N5O9S. The highest BCUT2D eigenvalue weighted by Crippen LogP contribution is 2.00. The lowest BCUT2D eigenvalue weighted by Gasteiger charge is -2.25. The van der Waals surface area contributed by atoms with Crippen molar-refractivity contribution in [2.24, 2.45) is 11.5 Å². The first kappa shape index (κ1) is 27.1. The summed E-state index contributed by atoms with van der Waals surface area (Å²) in [5, 5.41) is 33.7. The number of rotatable bonds is 13. The van der Waals surface area contributed by atoms with Crippen molar-refractivity contribution in [1.29, 1.82) is 0 Å². The Morgan fingerprint density at radius 1 is 0.900 bits per heavy atom. The van der Waals surface area contributed by atoms with Crippen molar-refractivity contribution in [3.63, 3.8) is 0 Å². The zero-order valence-corrected chi connectivity index (χ0v) is 16.8. The Morgan fingerprint density at radius 2 is 1.43 bits per heavy atom. The molecule has 0 aliphatic rings. The Hall–Kier alpha value is -2.91. The zero-order valence-electron chi connectivity index (χ0n) is 15.9. The summed E-state index contributed by atoms with van der Waals surface area (Å²) in [4.78, 5) is 69.2. The lowest BCUT2D eigenvalue weighted by atomic mass is 10.1. The number of nitrogens with two attached hydrogens (primary N) is 2. The standard InChI is InChI=1S/C15H25N5O9S/c1-5(21)11(20-12(25)6(16)2-10(23)24)14(27)19-8(4-30)13(26)18-7(15(28)29)3-9(17)22/h5-8,11,21,30H,2-4,16H2,1H3,(H2,17,22)(H,18,26)(H,19,27)(H,20,25)(H,23,24)(H,28,29). The molecule has 4 amide bonds. The van der Waals surface area contributed by atoms with Crippen molar-refractivity contribution in [2.75, 3.05) is 5.75 Å². The molecule has 0 radical (unpaired) electrons. The topological polar surface area (TPSA) is 251 Å². The number of aliphatic carboxylic acids is 2. The molecule has 0 saturated carbocycles. The molecule has 0 rings (SSSR count). The predicted octanol–water partition coefficient (Wildman–Crippen LogP) is -4.49. The fourth-order valence-corrected chi connectivity index (χ4v) is 2.33. The number of hydrogen-bond acceptors (Lipinski definition) is 9. The summed E-state index contributed by atoms with van der Waals surface area (Å²) in [7, 11) is 0. The molecule has 15 heteroatoms. The number of nitrogens with one attached hydrogen (secondary N) is 3. The van der Waals surface area contributed by atoms with E-state index in [0.29, 0.717) is 0 Å². The Labute approximate surface area is 176 Å². The van der Waals surface area contributed by atoms with E-state index < -0.39 is 78.7 Å². The van der Waals surface area contributed by atoms with Gasteiger partial charge in [0.1, 0.15) is 18.1 Å². The molecule has 170 valence electrons. The maximum atomic E-state index is 12.4. The summed E-state index contributed by atoms with van der Waals surface area (Å²) in [6.45, 7) is 1.15. The third-order valence-electron chi connectivity index (χ3n) is 3.63. The fourth-order valence-electron chi connectivity index (χ4n) is 2.08. The molecule has 10 N–H and O–H groups in total. The van der Waals surface area contributed by atoms with Crippen molar-refractivity contribution in [3.8, 4) is 0 Å². The van der Waals surface area contributed by atoms with Crippen LogP contribution in [-0.4, -0.2) is 86.9 Å². The van der Waals surface area contributed by atoms with Gasteiger partial charge in [0.15, 0.2) is 0 Å². The van der Waals surface area contributed by atoms with Gasteiger partial charge in [-0.25, -0.2) is 4.79 Å². The molecule has 0 saturated heterocycles. The Balaban J connectivity index is 5.19. The quantitative estimate of drug-likeness (QED) is 0.121. The maximum Gasteiger partial charge on any atom is 0.326 e. The molecule has 0 spiro atoms. The summed E-state index contributed by atoms with van der Waals surface area (Å²) in [6, 6.07) is -6.14.